The Morgan fingerprint density at radius 3 is 2.60 bits per heavy atom. The molecule has 7 nitrogen and oxygen atoms in total. The number of benzene rings is 1. The van der Waals surface area contributed by atoms with Crippen LogP contribution in [0.4, 0.5) is 5.69 Å². The second-order valence-electron chi connectivity index (χ2n) is 5.76. The van der Waals surface area contributed by atoms with Crippen molar-refractivity contribution in [3.05, 3.63) is 56.8 Å². The van der Waals surface area contributed by atoms with E-state index in [9.17, 15) is 18.5 Å². The fourth-order valence-electron chi connectivity index (χ4n) is 2.73. The number of non-ortho nitro benzene ring substituents is 1. The molecule has 2 heterocycles. The van der Waals surface area contributed by atoms with Crippen molar-refractivity contribution < 1.29 is 18.1 Å². The minimum atomic E-state index is -3.77. The molecule has 0 spiro atoms. The first-order chi connectivity index (χ1) is 12.0. The van der Waals surface area contributed by atoms with Crippen molar-refractivity contribution in [3.8, 4) is 0 Å². The average molecular weight is 382 g/mol. The van der Waals surface area contributed by atoms with E-state index in [0.29, 0.717) is 6.61 Å². The van der Waals surface area contributed by atoms with Crippen molar-refractivity contribution in [2.24, 2.45) is 0 Å². The van der Waals surface area contributed by atoms with Crippen LogP contribution in [0.15, 0.2) is 46.7 Å². The predicted molar refractivity (Wildman–Crippen MR) is 94.0 cm³/mol. The summed E-state index contributed by atoms with van der Waals surface area (Å²) in [5.74, 6) is 0. The molecule has 1 saturated heterocycles. The topological polar surface area (TPSA) is 89.8 Å². The smallest absolute Gasteiger partial charge is 0.269 e. The highest BCUT2D eigenvalue weighted by Gasteiger charge is 2.29. The quantitative estimate of drug-likeness (QED) is 0.542. The molecule has 134 valence electrons. The van der Waals surface area contributed by atoms with Gasteiger partial charge in [0.05, 0.1) is 15.9 Å². The van der Waals surface area contributed by atoms with Crippen molar-refractivity contribution >= 4 is 27.0 Å². The van der Waals surface area contributed by atoms with E-state index in [-0.39, 0.29) is 29.8 Å². The molecule has 0 amide bonds. The Kier molecular flexibility index (Phi) is 5.48. The standard InChI is InChI=1S/C16H18N2O5S2/c19-18(20)13-5-7-16(8-6-13)25(21,22)17(11-14-3-1-9-23-14)12-15-4-2-10-24-15/h2,4-8,10,14H,1,3,9,11-12H2/t14-/m1/s1. The molecule has 1 aromatic heterocycles. The highest BCUT2D eigenvalue weighted by atomic mass is 32.2. The zero-order valence-electron chi connectivity index (χ0n) is 13.4. The lowest BCUT2D eigenvalue weighted by molar-refractivity contribution is -0.384. The van der Waals surface area contributed by atoms with E-state index in [1.165, 1.54) is 39.9 Å². The van der Waals surface area contributed by atoms with Gasteiger partial charge in [0.2, 0.25) is 10.0 Å². The van der Waals surface area contributed by atoms with E-state index in [2.05, 4.69) is 0 Å². The number of thiophene rings is 1. The van der Waals surface area contributed by atoms with Crippen LogP contribution in [-0.4, -0.2) is 36.9 Å². The maximum atomic E-state index is 13.0. The highest BCUT2D eigenvalue weighted by Crippen LogP contribution is 2.25. The summed E-state index contributed by atoms with van der Waals surface area (Å²) in [6.07, 6.45) is 1.64. The molecule has 0 saturated carbocycles. The van der Waals surface area contributed by atoms with Gasteiger partial charge in [0.25, 0.3) is 5.69 Å². The van der Waals surface area contributed by atoms with Gasteiger partial charge in [0, 0.05) is 36.7 Å². The van der Waals surface area contributed by atoms with Gasteiger partial charge in [0.1, 0.15) is 0 Å². The van der Waals surface area contributed by atoms with Crippen LogP contribution in [0.1, 0.15) is 17.7 Å². The Bertz CT molecular complexity index is 813. The zero-order chi connectivity index (χ0) is 17.9. The van der Waals surface area contributed by atoms with Gasteiger partial charge in [-0.05, 0) is 36.4 Å². The summed E-state index contributed by atoms with van der Waals surface area (Å²) in [5, 5.41) is 12.7. The van der Waals surface area contributed by atoms with E-state index < -0.39 is 14.9 Å². The number of nitro groups is 1. The molecule has 0 unspecified atom stereocenters. The lowest BCUT2D eigenvalue weighted by Gasteiger charge is -2.24. The van der Waals surface area contributed by atoms with Crippen LogP contribution in [-0.2, 0) is 21.3 Å². The summed E-state index contributed by atoms with van der Waals surface area (Å²) in [4.78, 5) is 11.2. The van der Waals surface area contributed by atoms with E-state index in [0.717, 1.165) is 17.7 Å². The minimum absolute atomic E-state index is 0.0488. The second-order valence-corrected chi connectivity index (χ2v) is 8.73. The predicted octanol–water partition coefficient (Wildman–Crippen LogP) is 3.03. The van der Waals surface area contributed by atoms with Crippen LogP contribution < -0.4 is 0 Å². The van der Waals surface area contributed by atoms with E-state index in [1.807, 2.05) is 17.5 Å². The van der Waals surface area contributed by atoms with Crippen LogP contribution in [0.3, 0.4) is 0 Å². The Balaban J connectivity index is 1.87. The molecular formula is C16H18N2O5S2. The summed E-state index contributed by atoms with van der Waals surface area (Å²) in [6.45, 7) is 1.18. The van der Waals surface area contributed by atoms with Crippen LogP contribution in [0.2, 0.25) is 0 Å². The number of sulfonamides is 1. The third-order valence-electron chi connectivity index (χ3n) is 4.03. The fraction of sp³-hybridized carbons (Fsp3) is 0.375. The number of ether oxygens (including phenoxy) is 1. The lowest BCUT2D eigenvalue weighted by Crippen LogP contribution is -2.36. The molecule has 2 aromatic rings. The SMILES string of the molecule is O=[N+]([O-])c1ccc(S(=O)(=O)N(Cc2cccs2)C[C@H]2CCCO2)cc1. The number of hydrogen-bond acceptors (Lipinski definition) is 6. The number of nitrogens with zero attached hydrogens (tertiary/aromatic N) is 2. The summed E-state index contributed by atoms with van der Waals surface area (Å²) in [7, 11) is -3.77. The molecule has 0 bridgehead atoms. The van der Waals surface area contributed by atoms with Crippen molar-refractivity contribution in [3.63, 3.8) is 0 Å². The van der Waals surface area contributed by atoms with Gasteiger partial charge in [-0.15, -0.1) is 11.3 Å². The van der Waals surface area contributed by atoms with Crippen LogP contribution >= 0.6 is 11.3 Å². The molecule has 1 aliphatic heterocycles. The van der Waals surface area contributed by atoms with Crippen molar-refractivity contribution in [1.82, 2.24) is 4.31 Å². The van der Waals surface area contributed by atoms with Gasteiger partial charge in [-0.3, -0.25) is 10.1 Å². The van der Waals surface area contributed by atoms with Crippen LogP contribution in [0, 0.1) is 10.1 Å². The minimum Gasteiger partial charge on any atom is -0.377 e. The van der Waals surface area contributed by atoms with Gasteiger partial charge in [-0.2, -0.15) is 4.31 Å². The first kappa shape index (κ1) is 18.0. The Labute approximate surface area is 150 Å². The summed E-state index contributed by atoms with van der Waals surface area (Å²) >= 11 is 1.49. The van der Waals surface area contributed by atoms with Crippen molar-refractivity contribution in [2.45, 2.75) is 30.4 Å². The Hall–Kier alpha value is -1.81. The van der Waals surface area contributed by atoms with Gasteiger partial charge in [-0.25, -0.2) is 8.42 Å². The molecule has 9 heteroatoms. The van der Waals surface area contributed by atoms with Crippen molar-refractivity contribution in [1.29, 1.82) is 0 Å². The average Bonchev–Trinajstić information content (AvgIpc) is 3.28. The van der Waals surface area contributed by atoms with Gasteiger partial charge >= 0.3 is 0 Å². The molecule has 25 heavy (non-hydrogen) atoms. The monoisotopic (exact) mass is 382 g/mol. The normalized spacial score (nSPS) is 17.9. The van der Waals surface area contributed by atoms with Gasteiger partial charge in [-0.1, -0.05) is 6.07 Å². The molecule has 0 radical (unpaired) electrons. The lowest BCUT2D eigenvalue weighted by atomic mass is 10.2. The summed E-state index contributed by atoms with van der Waals surface area (Å²) < 4.78 is 33.1. The Morgan fingerprint density at radius 1 is 1.28 bits per heavy atom. The molecule has 1 fully saturated rings. The zero-order valence-corrected chi connectivity index (χ0v) is 15.0. The van der Waals surface area contributed by atoms with Crippen LogP contribution in [0.25, 0.3) is 0 Å². The number of nitro benzene ring substituents is 1. The molecule has 1 aromatic carbocycles. The first-order valence-corrected chi connectivity index (χ1v) is 10.2. The maximum absolute atomic E-state index is 13.0. The third-order valence-corrected chi connectivity index (χ3v) is 6.72. The molecule has 3 rings (SSSR count). The number of rotatable bonds is 7. The summed E-state index contributed by atoms with van der Waals surface area (Å²) in [6, 6.07) is 8.75. The van der Waals surface area contributed by atoms with Crippen molar-refractivity contribution in [2.75, 3.05) is 13.2 Å². The van der Waals surface area contributed by atoms with Gasteiger partial charge < -0.3 is 4.74 Å². The Morgan fingerprint density at radius 2 is 2.04 bits per heavy atom. The molecular weight excluding hydrogens is 364 g/mol. The first-order valence-electron chi connectivity index (χ1n) is 7.85. The molecule has 1 aliphatic rings. The summed E-state index contributed by atoms with van der Waals surface area (Å²) in [5.41, 5.74) is -0.136. The maximum Gasteiger partial charge on any atom is 0.269 e. The van der Waals surface area contributed by atoms with E-state index >= 15 is 0 Å². The fourth-order valence-corrected chi connectivity index (χ4v) is 4.98. The van der Waals surface area contributed by atoms with E-state index in [4.69, 9.17) is 4.74 Å². The molecule has 1 atom stereocenters. The number of hydrogen-bond donors (Lipinski definition) is 0. The largest absolute Gasteiger partial charge is 0.377 e. The highest BCUT2D eigenvalue weighted by molar-refractivity contribution is 7.89. The van der Waals surface area contributed by atoms with Crippen LogP contribution in [0.5, 0.6) is 0 Å². The third kappa shape index (κ3) is 4.24. The van der Waals surface area contributed by atoms with E-state index in [1.54, 1.807) is 0 Å². The molecule has 0 N–H and O–H groups in total. The second kappa shape index (κ2) is 7.61. The van der Waals surface area contributed by atoms with Gasteiger partial charge in [0.15, 0.2) is 0 Å². The molecule has 0 aliphatic carbocycles.